The average Bonchev–Trinajstić information content (AvgIpc) is 2.41. The molecular formula is C16H22BrNO. The van der Waals surface area contributed by atoms with E-state index in [1.807, 2.05) is 0 Å². The SMILES string of the molecule is CC1(C)C(NCc2ccccc2Br)C2CCCOC21. The maximum absolute atomic E-state index is 5.95. The lowest BCUT2D eigenvalue weighted by atomic mass is 9.55. The number of hydrogen-bond donors (Lipinski definition) is 1. The van der Waals surface area contributed by atoms with Crippen molar-refractivity contribution in [1.29, 1.82) is 0 Å². The van der Waals surface area contributed by atoms with E-state index in [0.717, 1.165) is 13.2 Å². The van der Waals surface area contributed by atoms with E-state index in [1.54, 1.807) is 0 Å². The van der Waals surface area contributed by atoms with E-state index in [0.29, 0.717) is 18.1 Å². The fourth-order valence-corrected chi connectivity index (χ4v) is 4.22. The zero-order valence-corrected chi connectivity index (χ0v) is 13.2. The lowest BCUT2D eigenvalue weighted by Crippen LogP contribution is -2.69. The van der Waals surface area contributed by atoms with Crippen LogP contribution >= 0.6 is 15.9 Å². The molecule has 3 unspecified atom stereocenters. The van der Waals surface area contributed by atoms with Crippen LogP contribution in [-0.2, 0) is 11.3 Å². The van der Waals surface area contributed by atoms with Gasteiger partial charge in [0, 0.05) is 35.0 Å². The highest BCUT2D eigenvalue weighted by Crippen LogP contribution is 2.51. The molecule has 0 bridgehead atoms. The molecule has 3 rings (SSSR count). The molecule has 1 N–H and O–H groups in total. The highest BCUT2D eigenvalue weighted by atomic mass is 79.9. The molecule has 0 aromatic heterocycles. The van der Waals surface area contributed by atoms with Crippen LogP contribution in [0.15, 0.2) is 28.7 Å². The quantitative estimate of drug-likeness (QED) is 0.914. The van der Waals surface area contributed by atoms with Crippen molar-refractivity contribution >= 4 is 15.9 Å². The van der Waals surface area contributed by atoms with Crippen LogP contribution in [-0.4, -0.2) is 18.8 Å². The zero-order chi connectivity index (χ0) is 13.5. The molecule has 2 fully saturated rings. The van der Waals surface area contributed by atoms with E-state index in [1.165, 1.54) is 22.9 Å². The van der Waals surface area contributed by atoms with E-state index >= 15 is 0 Å². The lowest BCUT2D eigenvalue weighted by molar-refractivity contribution is -0.192. The van der Waals surface area contributed by atoms with Crippen molar-refractivity contribution in [2.75, 3.05) is 6.61 Å². The lowest BCUT2D eigenvalue weighted by Gasteiger charge is -2.60. The standard InChI is InChI=1S/C16H22BrNO/c1-16(2)14(12-7-5-9-19-15(12)16)18-10-11-6-3-4-8-13(11)17/h3-4,6,8,12,14-15,18H,5,7,9-10H2,1-2H3. The summed E-state index contributed by atoms with van der Waals surface area (Å²) in [5.74, 6) is 0.700. The van der Waals surface area contributed by atoms with Gasteiger partial charge in [0.05, 0.1) is 6.10 Å². The average molecular weight is 324 g/mol. The minimum absolute atomic E-state index is 0.256. The van der Waals surface area contributed by atoms with Crippen molar-refractivity contribution in [3.8, 4) is 0 Å². The number of rotatable bonds is 3. The van der Waals surface area contributed by atoms with Crippen molar-refractivity contribution in [3.05, 3.63) is 34.3 Å². The Morgan fingerprint density at radius 1 is 1.37 bits per heavy atom. The summed E-state index contributed by atoms with van der Waals surface area (Å²) < 4.78 is 7.14. The van der Waals surface area contributed by atoms with Gasteiger partial charge < -0.3 is 10.1 Å². The largest absolute Gasteiger partial charge is 0.377 e. The Morgan fingerprint density at radius 3 is 2.95 bits per heavy atom. The smallest absolute Gasteiger partial charge is 0.0684 e. The minimum Gasteiger partial charge on any atom is -0.377 e. The summed E-state index contributed by atoms with van der Waals surface area (Å²) in [6, 6.07) is 9.02. The van der Waals surface area contributed by atoms with E-state index < -0.39 is 0 Å². The first kappa shape index (κ1) is 13.6. The normalized spacial score (nSPS) is 32.5. The van der Waals surface area contributed by atoms with E-state index in [4.69, 9.17) is 4.74 Å². The molecule has 0 amide bonds. The number of halogens is 1. The summed E-state index contributed by atoms with van der Waals surface area (Å²) in [5, 5.41) is 3.76. The first-order valence-electron chi connectivity index (χ1n) is 7.19. The predicted molar refractivity (Wildman–Crippen MR) is 81.0 cm³/mol. The molecule has 1 aromatic rings. The van der Waals surface area contributed by atoms with Gasteiger partial charge in [0.1, 0.15) is 0 Å². The van der Waals surface area contributed by atoms with E-state index in [9.17, 15) is 0 Å². The monoisotopic (exact) mass is 323 g/mol. The molecule has 1 aromatic carbocycles. The Hall–Kier alpha value is -0.380. The van der Waals surface area contributed by atoms with Gasteiger partial charge in [-0.25, -0.2) is 0 Å². The fourth-order valence-electron chi connectivity index (χ4n) is 3.80. The second kappa shape index (κ2) is 5.19. The predicted octanol–water partition coefficient (Wildman–Crippen LogP) is 3.74. The Morgan fingerprint density at radius 2 is 2.16 bits per heavy atom. The first-order valence-corrected chi connectivity index (χ1v) is 7.98. The van der Waals surface area contributed by atoms with Crippen LogP contribution in [0.2, 0.25) is 0 Å². The van der Waals surface area contributed by atoms with Crippen LogP contribution < -0.4 is 5.32 Å². The molecule has 104 valence electrons. The molecule has 3 atom stereocenters. The van der Waals surface area contributed by atoms with Gasteiger partial charge >= 0.3 is 0 Å². The molecule has 1 saturated carbocycles. The maximum atomic E-state index is 5.95. The molecule has 2 nitrogen and oxygen atoms in total. The zero-order valence-electron chi connectivity index (χ0n) is 11.7. The maximum Gasteiger partial charge on any atom is 0.0684 e. The van der Waals surface area contributed by atoms with Crippen molar-refractivity contribution < 1.29 is 4.74 Å². The van der Waals surface area contributed by atoms with Gasteiger partial charge in [-0.15, -0.1) is 0 Å². The van der Waals surface area contributed by atoms with Crippen molar-refractivity contribution in [2.45, 2.75) is 45.4 Å². The summed E-state index contributed by atoms with van der Waals surface area (Å²) in [5.41, 5.74) is 1.59. The molecule has 19 heavy (non-hydrogen) atoms. The van der Waals surface area contributed by atoms with Crippen molar-refractivity contribution in [3.63, 3.8) is 0 Å². The van der Waals surface area contributed by atoms with Gasteiger partial charge in [-0.2, -0.15) is 0 Å². The molecule has 1 aliphatic carbocycles. The van der Waals surface area contributed by atoms with Crippen LogP contribution in [0.1, 0.15) is 32.3 Å². The summed E-state index contributed by atoms with van der Waals surface area (Å²) in [6.07, 6.45) is 2.98. The summed E-state index contributed by atoms with van der Waals surface area (Å²) >= 11 is 3.62. The first-order chi connectivity index (χ1) is 9.10. The fraction of sp³-hybridized carbons (Fsp3) is 0.625. The van der Waals surface area contributed by atoms with Crippen molar-refractivity contribution in [2.24, 2.45) is 11.3 Å². The van der Waals surface area contributed by atoms with Crippen molar-refractivity contribution in [1.82, 2.24) is 5.32 Å². The molecule has 1 heterocycles. The van der Waals surface area contributed by atoms with Crippen LogP contribution in [0, 0.1) is 11.3 Å². The molecule has 2 aliphatic rings. The minimum atomic E-state index is 0.256. The van der Waals surface area contributed by atoms with Crippen LogP contribution in [0.4, 0.5) is 0 Å². The second-order valence-electron chi connectivity index (χ2n) is 6.37. The number of benzene rings is 1. The Balaban J connectivity index is 1.65. The number of nitrogens with one attached hydrogen (secondary N) is 1. The van der Waals surface area contributed by atoms with Gasteiger partial charge in [-0.1, -0.05) is 48.0 Å². The topological polar surface area (TPSA) is 21.3 Å². The van der Waals surface area contributed by atoms with Gasteiger partial charge in [0.15, 0.2) is 0 Å². The Bertz CT molecular complexity index is 460. The van der Waals surface area contributed by atoms with Gasteiger partial charge in [-0.3, -0.25) is 0 Å². The third kappa shape index (κ3) is 2.37. The van der Waals surface area contributed by atoms with Gasteiger partial charge in [0.25, 0.3) is 0 Å². The Labute approximate surface area is 124 Å². The second-order valence-corrected chi connectivity index (χ2v) is 7.22. The van der Waals surface area contributed by atoms with E-state index in [-0.39, 0.29) is 5.41 Å². The molecule has 0 spiro atoms. The molecule has 1 saturated heterocycles. The third-order valence-corrected chi connectivity index (χ3v) is 5.57. The number of hydrogen-bond acceptors (Lipinski definition) is 2. The summed E-state index contributed by atoms with van der Waals surface area (Å²) in [7, 11) is 0. The Kier molecular flexibility index (Phi) is 3.71. The van der Waals surface area contributed by atoms with Crippen LogP contribution in [0.25, 0.3) is 0 Å². The number of fused-ring (bicyclic) bond motifs is 1. The molecule has 1 aliphatic heterocycles. The van der Waals surface area contributed by atoms with Crippen LogP contribution in [0.3, 0.4) is 0 Å². The molecule has 3 heteroatoms. The summed E-state index contributed by atoms with van der Waals surface area (Å²) in [4.78, 5) is 0. The highest BCUT2D eigenvalue weighted by Gasteiger charge is 2.57. The van der Waals surface area contributed by atoms with E-state index in [2.05, 4.69) is 59.4 Å². The van der Waals surface area contributed by atoms with Gasteiger partial charge in [-0.05, 0) is 24.5 Å². The molecular weight excluding hydrogens is 302 g/mol. The van der Waals surface area contributed by atoms with Gasteiger partial charge in [0.2, 0.25) is 0 Å². The summed E-state index contributed by atoms with van der Waals surface area (Å²) in [6.45, 7) is 6.54. The number of ether oxygens (including phenoxy) is 1. The third-order valence-electron chi connectivity index (χ3n) is 4.80. The highest BCUT2D eigenvalue weighted by molar-refractivity contribution is 9.10. The van der Waals surface area contributed by atoms with Crippen LogP contribution in [0.5, 0.6) is 0 Å². The molecule has 0 radical (unpaired) electrons.